The van der Waals surface area contributed by atoms with Crippen molar-refractivity contribution in [3.63, 3.8) is 0 Å². The fraction of sp³-hybridized carbons (Fsp3) is 0.333. The Balaban J connectivity index is 2.03. The molecule has 0 aliphatic carbocycles. The zero-order valence-electron chi connectivity index (χ0n) is 15.6. The van der Waals surface area contributed by atoms with Gasteiger partial charge in [-0.3, -0.25) is 9.59 Å². The van der Waals surface area contributed by atoms with Crippen LogP contribution in [0.2, 0.25) is 0 Å². The number of benzene rings is 2. The molecule has 0 aliphatic rings. The van der Waals surface area contributed by atoms with Gasteiger partial charge < -0.3 is 14.8 Å². The number of carbonyl (C=O) groups excluding carboxylic acids is 2. The minimum absolute atomic E-state index is 0.0600. The minimum atomic E-state index is -0.217. The highest BCUT2D eigenvalue weighted by Crippen LogP contribution is 2.28. The summed E-state index contributed by atoms with van der Waals surface area (Å²) in [6, 6.07) is 14.7. The molecule has 5 heteroatoms. The largest absolute Gasteiger partial charge is 0.493 e. The molecule has 0 spiro atoms. The molecule has 0 fully saturated rings. The number of rotatable bonds is 8. The Morgan fingerprint density at radius 2 is 1.73 bits per heavy atom. The Hall–Kier alpha value is -2.82. The highest BCUT2D eigenvalue weighted by atomic mass is 16.5. The van der Waals surface area contributed by atoms with Gasteiger partial charge in [0, 0.05) is 5.56 Å². The van der Waals surface area contributed by atoms with Crippen molar-refractivity contribution in [3.8, 4) is 11.5 Å². The zero-order valence-corrected chi connectivity index (χ0v) is 15.6. The maximum Gasteiger partial charge on any atom is 0.258 e. The molecule has 0 saturated heterocycles. The van der Waals surface area contributed by atoms with E-state index < -0.39 is 0 Å². The second-order valence-corrected chi connectivity index (χ2v) is 6.41. The lowest BCUT2D eigenvalue weighted by Crippen LogP contribution is -2.35. The van der Waals surface area contributed by atoms with Gasteiger partial charge >= 0.3 is 0 Å². The molecule has 2 aromatic carbocycles. The molecular formula is C21H25NO4. The summed E-state index contributed by atoms with van der Waals surface area (Å²) in [7, 11) is 1.50. The maximum absolute atomic E-state index is 12.3. The van der Waals surface area contributed by atoms with Crippen LogP contribution < -0.4 is 14.8 Å². The van der Waals surface area contributed by atoms with E-state index in [0.717, 1.165) is 5.56 Å². The molecule has 5 nitrogen and oxygen atoms in total. The molecule has 0 bridgehead atoms. The number of amides is 1. The van der Waals surface area contributed by atoms with Gasteiger partial charge in [0.05, 0.1) is 13.2 Å². The Bertz CT molecular complexity index is 756. The number of hydrogen-bond donors (Lipinski definition) is 1. The Kier molecular flexibility index (Phi) is 6.78. The third kappa shape index (κ3) is 5.09. The molecular weight excluding hydrogens is 330 g/mol. The smallest absolute Gasteiger partial charge is 0.258 e. The lowest BCUT2D eigenvalue weighted by atomic mass is 9.96. The fourth-order valence-corrected chi connectivity index (χ4v) is 2.66. The second kappa shape index (κ2) is 9.04. The van der Waals surface area contributed by atoms with Crippen molar-refractivity contribution in [1.82, 2.24) is 5.32 Å². The van der Waals surface area contributed by atoms with Crippen molar-refractivity contribution in [1.29, 1.82) is 0 Å². The van der Waals surface area contributed by atoms with E-state index in [1.807, 2.05) is 30.3 Å². The van der Waals surface area contributed by atoms with E-state index in [2.05, 4.69) is 19.2 Å². The number of ketones is 1. The molecule has 2 rings (SSSR count). The fourth-order valence-electron chi connectivity index (χ4n) is 2.66. The molecule has 1 atom stereocenters. The highest BCUT2D eigenvalue weighted by molar-refractivity contribution is 5.94. The second-order valence-electron chi connectivity index (χ2n) is 6.41. The number of carbonyl (C=O) groups is 2. The van der Waals surface area contributed by atoms with Gasteiger partial charge in [-0.25, -0.2) is 0 Å². The van der Waals surface area contributed by atoms with Crippen LogP contribution in [0.5, 0.6) is 11.5 Å². The molecule has 0 heterocycles. The molecule has 0 aromatic heterocycles. The molecule has 0 radical (unpaired) electrons. The van der Waals surface area contributed by atoms with Crippen molar-refractivity contribution < 1.29 is 19.1 Å². The topological polar surface area (TPSA) is 64.6 Å². The van der Waals surface area contributed by atoms with E-state index in [9.17, 15) is 9.59 Å². The van der Waals surface area contributed by atoms with Crippen molar-refractivity contribution in [3.05, 3.63) is 59.7 Å². The average molecular weight is 355 g/mol. The first-order valence-corrected chi connectivity index (χ1v) is 8.58. The van der Waals surface area contributed by atoms with Gasteiger partial charge in [-0.05, 0) is 36.6 Å². The summed E-state index contributed by atoms with van der Waals surface area (Å²) in [6.45, 7) is 5.47. The molecule has 0 aliphatic heterocycles. The van der Waals surface area contributed by atoms with Crippen LogP contribution in [0.15, 0.2) is 48.5 Å². The van der Waals surface area contributed by atoms with E-state index in [1.54, 1.807) is 18.2 Å². The van der Waals surface area contributed by atoms with Crippen molar-refractivity contribution in [2.45, 2.75) is 26.8 Å². The van der Waals surface area contributed by atoms with Crippen LogP contribution in [-0.2, 0) is 4.79 Å². The first-order valence-electron chi connectivity index (χ1n) is 8.58. The van der Waals surface area contributed by atoms with E-state index in [1.165, 1.54) is 14.0 Å². The van der Waals surface area contributed by atoms with Gasteiger partial charge in [-0.2, -0.15) is 0 Å². The SMILES string of the molecule is COc1cc(C(C)=O)ccc1OCC(=O)N[C@@H](c1ccccc1)C(C)C. The normalized spacial score (nSPS) is 11.7. The number of nitrogens with one attached hydrogen (secondary N) is 1. The summed E-state index contributed by atoms with van der Waals surface area (Å²) in [5.74, 6) is 0.814. The third-order valence-corrected chi connectivity index (χ3v) is 4.07. The molecule has 1 N–H and O–H groups in total. The van der Waals surface area contributed by atoms with Crippen LogP contribution >= 0.6 is 0 Å². The highest BCUT2D eigenvalue weighted by Gasteiger charge is 2.19. The zero-order chi connectivity index (χ0) is 19.1. The van der Waals surface area contributed by atoms with E-state index in [4.69, 9.17) is 9.47 Å². The molecule has 26 heavy (non-hydrogen) atoms. The number of hydrogen-bond acceptors (Lipinski definition) is 4. The standard InChI is InChI=1S/C21H25NO4/c1-14(2)21(16-8-6-5-7-9-16)22-20(24)13-26-18-11-10-17(15(3)23)12-19(18)25-4/h5-12,14,21H,13H2,1-4H3,(H,22,24)/t21-/m1/s1. The van der Waals surface area contributed by atoms with Gasteiger partial charge in [0.1, 0.15) is 0 Å². The van der Waals surface area contributed by atoms with Crippen LogP contribution in [0.4, 0.5) is 0 Å². The van der Waals surface area contributed by atoms with Gasteiger partial charge in [-0.15, -0.1) is 0 Å². The summed E-state index contributed by atoms with van der Waals surface area (Å²) >= 11 is 0. The Labute approximate surface area is 154 Å². The van der Waals surface area contributed by atoms with Gasteiger partial charge in [0.25, 0.3) is 5.91 Å². The molecule has 0 unspecified atom stereocenters. The summed E-state index contributed by atoms with van der Waals surface area (Å²) in [5.41, 5.74) is 1.59. The van der Waals surface area contributed by atoms with E-state index in [-0.39, 0.29) is 30.3 Å². The average Bonchev–Trinajstić information content (AvgIpc) is 2.64. The Morgan fingerprint density at radius 3 is 2.31 bits per heavy atom. The maximum atomic E-state index is 12.3. The predicted octanol–water partition coefficient (Wildman–Crippen LogP) is 3.79. The quantitative estimate of drug-likeness (QED) is 0.732. The van der Waals surface area contributed by atoms with Crippen molar-refractivity contribution >= 4 is 11.7 Å². The van der Waals surface area contributed by atoms with Crippen molar-refractivity contribution in [2.24, 2.45) is 5.92 Å². The van der Waals surface area contributed by atoms with E-state index >= 15 is 0 Å². The van der Waals surface area contributed by atoms with Crippen LogP contribution in [0.1, 0.15) is 42.7 Å². The monoisotopic (exact) mass is 355 g/mol. The number of ether oxygens (including phenoxy) is 2. The summed E-state index contributed by atoms with van der Waals surface area (Å²) in [6.07, 6.45) is 0. The number of Topliss-reactive ketones (excluding diaryl/α,β-unsaturated/α-hetero) is 1. The predicted molar refractivity (Wildman–Crippen MR) is 101 cm³/mol. The molecule has 2 aromatic rings. The number of methoxy groups -OCH3 is 1. The van der Waals surface area contributed by atoms with Crippen LogP contribution in [0.25, 0.3) is 0 Å². The third-order valence-electron chi connectivity index (χ3n) is 4.07. The van der Waals surface area contributed by atoms with Gasteiger partial charge in [0.2, 0.25) is 0 Å². The van der Waals surface area contributed by atoms with Crippen LogP contribution in [-0.4, -0.2) is 25.4 Å². The molecule has 138 valence electrons. The first-order chi connectivity index (χ1) is 12.4. The van der Waals surface area contributed by atoms with Gasteiger partial charge in [-0.1, -0.05) is 44.2 Å². The summed E-state index contributed by atoms with van der Waals surface area (Å²) in [5, 5.41) is 3.01. The van der Waals surface area contributed by atoms with Crippen LogP contribution in [0.3, 0.4) is 0 Å². The minimum Gasteiger partial charge on any atom is -0.493 e. The summed E-state index contributed by atoms with van der Waals surface area (Å²) in [4.78, 5) is 23.8. The van der Waals surface area contributed by atoms with Crippen molar-refractivity contribution in [2.75, 3.05) is 13.7 Å². The van der Waals surface area contributed by atoms with E-state index in [0.29, 0.717) is 17.1 Å². The lowest BCUT2D eigenvalue weighted by Gasteiger charge is -2.23. The van der Waals surface area contributed by atoms with Gasteiger partial charge in [0.15, 0.2) is 23.9 Å². The molecule has 0 saturated carbocycles. The molecule has 1 amide bonds. The first kappa shape index (κ1) is 19.5. The van der Waals surface area contributed by atoms with Crippen LogP contribution in [0, 0.1) is 5.92 Å². The summed E-state index contributed by atoms with van der Waals surface area (Å²) < 4.78 is 10.8. The Morgan fingerprint density at radius 1 is 1.04 bits per heavy atom. The lowest BCUT2D eigenvalue weighted by molar-refractivity contribution is -0.124.